The Labute approximate surface area is 219 Å². The highest BCUT2D eigenvalue weighted by Gasteiger charge is 2.23. The van der Waals surface area contributed by atoms with Crippen LogP contribution in [-0.4, -0.2) is 49.4 Å². The molecule has 2 N–H and O–H groups in total. The van der Waals surface area contributed by atoms with Crippen molar-refractivity contribution in [2.24, 2.45) is 23.5 Å². The number of esters is 3. The molecule has 0 bridgehead atoms. The third-order valence-corrected chi connectivity index (χ3v) is 5.50. The predicted molar refractivity (Wildman–Crippen MR) is 136 cm³/mol. The van der Waals surface area contributed by atoms with E-state index in [0.717, 1.165) is 0 Å². The van der Waals surface area contributed by atoms with E-state index < -0.39 is 36.2 Å². The summed E-state index contributed by atoms with van der Waals surface area (Å²) in [6, 6.07) is 3.61. The molecule has 1 rings (SSSR count). The van der Waals surface area contributed by atoms with Crippen molar-refractivity contribution in [3.63, 3.8) is 0 Å². The molecule has 0 aliphatic carbocycles. The van der Waals surface area contributed by atoms with Gasteiger partial charge in [0.1, 0.15) is 18.8 Å². The van der Waals surface area contributed by atoms with Crippen LogP contribution in [0.25, 0.3) is 0 Å². The van der Waals surface area contributed by atoms with Crippen molar-refractivity contribution in [2.45, 2.75) is 79.9 Å². The molecule has 0 aliphatic heterocycles. The van der Waals surface area contributed by atoms with Gasteiger partial charge < -0.3 is 29.4 Å². The first kappa shape index (κ1) is 31.9. The summed E-state index contributed by atoms with van der Waals surface area (Å²) in [7, 11) is 0. The van der Waals surface area contributed by atoms with E-state index in [1.54, 1.807) is 26.8 Å². The number of carbonyl (C=O) groups is 4. The molecule has 0 aliphatic rings. The number of nitrogens with two attached hydrogens (primary N) is 1. The minimum Gasteiger partial charge on any atom is -0.458 e. The van der Waals surface area contributed by atoms with Crippen molar-refractivity contribution in [3.8, 4) is 11.5 Å². The first-order valence-electron chi connectivity index (χ1n) is 12.7. The summed E-state index contributed by atoms with van der Waals surface area (Å²) in [6.45, 7) is 12.6. The summed E-state index contributed by atoms with van der Waals surface area (Å²) in [5.74, 6) is -1.95. The van der Waals surface area contributed by atoms with Crippen molar-refractivity contribution in [2.75, 3.05) is 13.2 Å². The van der Waals surface area contributed by atoms with Crippen LogP contribution in [0, 0.1) is 17.8 Å². The first-order chi connectivity index (χ1) is 17.4. The Bertz CT molecular complexity index is 915. The molecule has 1 aromatic carbocycles. The standard InChI is InChI=1S/C27H41NO9/c1-8-17(5)24(29)36-22-11-10-20(13-23(22)37-25(30)18(6)9-2)12-21(28)26(31)35-19(7)15-34-27(32)33-14-16(3)4/h10-11,13,16-19,21H,8-9,12,14-15,28H2,1-7H3/t17?,18?,19-,21-/m0/s1. The van der Waals surface area contributed by atoms with Gasteiger partial charge in [-0.3, -0.25) is 14.4 Å². The van der Waals surface area contributed by atoms with Gasteiger partial charge in [0.25, 0.3) is 0 Å². The van der Waals surface area contributed by atoms with E-state index in [4.69, 9.17) is 29.4 Å². The van der Waals surface area contributed by atoms with Crippen LogP contribution >= 0.6 is 0 Å². The van der Waals surface area contributed by atoms with E-state index in [9.17, 15) is 19.2 Å². The highest BCUT2D eigenvalue weighted by atomic mass is 16.7. The lowest BCUT2D eigenvalue weighted by Gasteiger charge is -2.18. The maximum Gasteiger partial charge on any atom is 0.508 e. The zero-order valence-electron chi connectivity index (χ0n) is 22.9. The monoisotopic (exact) mass is 523 g/mol. The number of rotatable bonds is 14. The van der Waals surface area contributed by atoms with Gasteiger partial charge in [0.15, 0.2) is 11.5 Å². The Hall–Kier alpha value is -3.14. The number of hydrogen-bond acceptors (Lipinski definition) is 10. The van der Waals surface area contributed by atoms with Crippen LogP contribution in [0.1, 0.15) is 66.9 Å². The topological polar surface area (TPSA) is 140 Å². The van der Waals surface area contributed by atoms with Crippen LogP contribution in [0.3, 0.4) is 0 Å². The van der Waals surface area contributed by atoms with Gasteiger partial charge in [-0.25, -0.2) is 4.79 Å². The summed E-state index contributed by atoms with van der Waals surface area (Å²) in [5, 5.41) is 0. The lowest BCUT2D eigenvalue weighted by molar-refractivity contribution is -0.152. The zero-order valence-corrected chi connectivity index (χ0v) is 22.9. The maximum absolute atomic E-state index is 12.5. The van der Waals surface area contributed by atoms with Crippen LogP contribution in [0.2, 0.25) is 0 Å². The highest BCUT2D eigenvalue weighted by Crippen LogP contribution is 2.31. The zero-order chi connectivity index (χ0) is 28.1. The minimum absolute atomic E-state index is 0.0658. The van der Waals surface area contributed by atoms with Crippen LogP contribution in [-0.2, 0) is 35.0 Å². The fraction of sp³-hybridized carbons (Fsp3) is 0.630. The van der Waals surface area contributed by atoms with E-state index in [1.807, 2.05) is 27.7 Å². The molecule has 0 fully saturated rings. The van der Waals surface area contributed by atoms with Gasteiger partial charge in [-0.2, -0.15) is 0 Å². The Balaban J connectivity index is 2.85. The third-order valence-electron chi connectivity index (χ3n) is 5.50. The average molecular weight is 524 g/mol. The maximum atomic E-state index is 12.5. The van der Waals surface area contributed by atoms with Crippen molar-refractivity contribution in [1.29, 1.82) is 0 Å². The molecular weight excluding hydrogens is 482 g/mol. The molecule has 0 spiro atoms. The lowest BCUT2D eigenvalue weighted by atomic mass is 10.1. The van der Waals surface area contributed by atoms with Gasteiger partial charge in [0, 0.05) is 0 Å². The first-order valence-corrected chi connectivity index (χ1v) is 12.7. The molecule has 0 radical (unpaired) electrons. The number of carbonyl (C=O) groups excluding carboxylic acids is 4. The second kappa shape index (κ2) is 15.9. The molecule has 0 aromatic heterocycles. The van der Waals surface area contributed by atoms with E-state index in [-0.39, 0.29) is 48.9 Å². The Morgan fingerprint density at radius 3 is 1.86 bits per heavy atom. The minimum atomic E-state index is -1.04. The van der Waals surface area contributed by atoms with E-state index >= 15 is 0 Å². The largest absolute Gasteiger partial charge is 0.508 e. The van der Waals surface area contributed by atoms with Gasteiger partial charge in [0.05, 0.1) is 18.4 Å². The summed E-state index contributed by atoms with van der Waals surface area (Å²) < 4.78 is 26.1. The number of benzene rings is 1. The molecule has 37 heavy (non-hydrogen) atoms. The molecule has 0 amide bonds. The molecule has 0 heterocycles. The van der Waals surface area contributed by atoms with Crippen LogP contribution in [0.5, 0.6) is 11.5 Å². The smallest absolute Gasteiger partial charge is 0.458 e. The van der Waals surface area contributed by atoms with Crippen molar-refractivity contribution in [1.82, 2.24) is 0 Å². The molecule has 208 valence electrons. The Morgan fingerprint density at radius 1 is 0.784 bits per heavy atom. The van der Waals surface area contributed by atoms with Crippen molar-refractivity contribution in [3.05, 3.63) is 23.8 Å². The van der Waals surface area contributed by atoms with Gasteiger partial charge >= 0.3 is 24.1 Å². The molecule has 2 unspecified atom stereocenters. The molecule has 0 saturated heterocycles. The summed E-state index contributed by atoms with van der Waals surface area (Å²) in [5.41, 5.74) is 6.60. The predicted octanol–water partition coefficient (Wildman–Crippen LogP) is 4.20. The molecule has 1 aromatic rings. The summed E-state index contributed by atoms with van der Waals surface area (Å²) >= 11 is 0. The number of hydrogen-bond donors (Lipinski definition) is 1. The van der Waals surface area contributed by atoms with Crippen molar-refractivity contribution < 1.29 is 42.9 Å². The van der Waals surface area contributed by atoms with Crippen LogP contribution < -0.4 is 15.2 Å². The molecule has 10 nitrogen and oxygen atoms in total. The van der Waals surface area contributed by atoms with Gasteiger partial charge in [-0.1, -0.05) is 47.6 Å². The normalized spacial score (nSPS) is 14.2. The highest BCUT2D eigenvalue weighted by molar-refractivity contribution is 5.79. The summed E-state index contributed by atoms with van der Waals surface area (Å²) in [6.07, 6.45) is -0.336. The molecular formula is C27H41NO9. The summed E-state index contributed by atoms with van der Waals surface area (Å²) in [4.78, 5) is 48.7. The van der Waals surface area contributed by atoms with E-state index in [1.165, 1.54) is 12.1 Å². The van der Waals surface area contributed by atoms with Crippen LogP contribution in [0.4, 0.5) is 4.79 Å². The third kappa shape index (κ3) is 11.6. The molecule has 0 saturated carbocycles. The molecule has 4 atom stereocenters. The Kier molecular flexibility index (Phi) is 13.7. The lowest BCUT2D eigenvalue weighted by Crippen LogP contribution is -2.37. The van der Waals surface area contributed by atoms with E-state index in [2.05, 4.69) is 0 Å². The number of ether oxygens (including phenoxy) is 5. The fourth-order valence-corrected chi connectivity index (χ4v) is 2.71. The Morgan fingerprint density at radius 2 is 1.32 bits per heavy atom. The molecule has 10 heteroatoms. The van der Waals surface area contributed by atoms with Gasteiger partial charge in [-0.05, 0) is 49.8 Å². The van der Waals surface area contributed by atoms with Gasteiger partial charge in [-0.15, -0.1) is 0 Å². The second-order valence-corrected chi connectivity index (χ2v) is 9.57. The van der Waals surface area contributed by atoms with Gasteiger partial charge in [0.2, 0.25) is 0 Å². The van der Waals surface area contributed by atoms with E-state index in [0.29, 0.717) is 18.4 Å². The SMILES string of the molecule is CCC(C)C(=O)Oc1ccc(C[C@H](N)C(=O)O[C@@H](C)COC(=O)OCC(C)C)cc1OC(=O)C(C)CC. The average Bonchev–Trinajstić information content (AvgIpc) is 2.86. The van der Waals surface area contributed by atoms with Crippen LogP contribution in [0.15, 0.2) is 18.2 Å². The second-order valence-electron chi connectivity index (χ2n) is 9.57. The fourth-order valence-electron chi connectivity index (χ4n) is 2.71. The van der Waals surface area contributed by atoms with Crippen molar-refractivity contribution >= 4 is 24.1 Å². The quantitative estimate of drug-likeness (QED) is 0.278.